The summed E-state index contributed by atoms with van der Waals surface area (Å²) >= 11 is 0. The Bertz CT molecular complexity index is 297. The maximum Gasteiger partial charge on any atom is 0.125 e. The van der Waals surface area contributed by atoms with Crippen molar-refractivity contribution >= 4 is 0 Å². The van der Waals surface area contributed by atoms with Crippen LogP contribution >= 0.6 is 0 Å². The second kappa shape index (κ2) is 5.73. The van der Waals surface area contributed by atoms with Gasteiger partial charge in [0.25, 0.3) is 0 Å². The van der Waals surface area contributed by atoms with E-state index in [4.69, 9.17) is 9.84 Å². The summed E-state index contributed by atoms with van der Waals surface area (Å²) in [5.74, 6) is 0.792. The standard InChI is InChI=1S/C12H18O3/c1-9(7-13)8-15-12-6-4-3-5-11(12)10(2)14/h3-6,9-10,13-14H,7-8H2,1-2H3. The van der Waals surface area contributed by atoms with Crippen LogP contribution in [0.15, 0.2) is 24.3 Å². The highest BCUT2D eigenvalue weighted by atomic mass is 16.5. The van der Waals surface area contributed by atoms with Gasteiger partial charge in [-0.25, -0.2) is 0 Å². The summed E-state index contributed by atoms with van der Waals surface area (Å²) in [5.41, 5.74) is 0.780. The third-order valence-corrected chi connectivity index (χ3v) is 2.20. The fourth-order valence-electron chi connectivity index (χ4n) is 1.24. The predicted octanol–water partition coefficient (Wildman–Crippen LogP) is 1.75. The molecule has 0 saturated heterocycles. The van der Waals surface area contributed by atoms with Gasteiger partial charge in [0, 0.05) is 18.1 Å². The molecule has 1 aromatic carbocycles. The third-order valence-electron chi connectivity index (χ3n) is 2.20. The lowest BCUT2D eigenvalue weighted by atomic mass is 10.1. The molecule has 0 aliphatic carbocycles. The van der Waals surface area contributed by atoms with E-state index >= 15 is 0 Å². The first-order valence-electron chi connectivity index (χ1n) is 5.15. The van der Waals surface area contributed by atoms with Gasteiger partial charge in [0.1, 0.15) is 5.75 Å². The zero-order valence-electron chi connectivity index (χ0n) is 9.18. The minimum atomic E-state index is -0.536. The molecule has 0 heterocycles. The number of hydrogen-bond acceptors (Lipinski definition) is 3. The van der Waals surface area contributed by atoms with Crippen LogP contribution in [0.2, 0.25) is 0 Å². The number of aliphatic hydroxyl groups is 2. The molecule has 0 amide bonds. The van der Waals surface area contributed by atoms with Crippen LogP contribution in [0, 0.1) is 5.92 Å². The van der Waals surface area contributed by atoms with Gasteiger partial charge in [-0.15, -0.1) is 0 Å². The number of benzene rings is 1. The van der Waals surface area contributed by atoms with Gasteiger partial charge in [0.05, 0.1) is 12.7 Å². The topological polar surface area (TPSA) is 49.7 Å². The number of aliphatic hydroxyl groups excluding tert-OH is 2. The summed E-state index contributed by atoms with van der Waals surface area (Å²) in [7, 11) is 0. The van der Waals surface area contributed by atoms with E-state index in [0.29, 0.717) is 12.4 Å². The molecule has 2 atom stereocenters. The van der Waals surface area contributed by atoms with Crippen molar-refractivity contribution in [1.82, 2.24) is 0 Å². The molecule has 15 heavy (non-hydrogen) atoms. The molecule has 3 heteroatoms. The lowest BCUT2D eigenvalue weighted by Crippen LogP contribution is -2.13. The van der Waals surface area contributed by atoms with Crippen LogP contribution in [0.4, 0.5) is 0 Å². The number of rotatable bonds is 5. The van der Waals surface area contributed by atoms with Crippen LogP contribution in [-0.2, 0) is 0 Å². The van der Waals surface area contributed by atoms with Crippen molar-refractivity contribution in [3.05, 3.63) is 29.8 Å². The first-order chi connectivity index (χ1) is 7.15. The second-order valence-corrected chi connectivity index (χ2v) is 3.81. The highest BCUT2D eigenvalue weighted by Crippen LogP contribution is 2.24. The van der Waals surface area contributed by atoms with Gasteiger partial charge in [0.15, 0.2) is 0 Å². The number of hydrogen-bond donors (Lipinski definition) is 2. The lowest BCUT2D eigenvalue weighted by Gasteiger charge is -2.15. The number of ether oxygens (including phenoxy) is 1. The van der Waals surface area contributed by atoms with Crippen molar-refractivity contribution in [2.24, 2.45) is 5.92 Å². The molecule has 0 aliphatic rings. The van der Waals surface area contributed by atoms with Gasteiger partial charge in [-0.1, -0.05) is 25.1 Å². The van der Waals surface area contributed by atoms with Crippen LogP contribution < -0.4 is 4.74 Å². The third kappa shape index (κ3) is 3.53. The average Bonchev–Trinajstić information content (AvgIpc) is 2.26. The highest BCUT2D eigenvalue weighted by Gasteiger charge is 2.09. The minimum absolute atomic E-state index is 0.104. The summed E-state index contributed by atoms with van der Waals surface area (Å²) in [6.45, 7) is 4.18. The van der Waals surface area contributed by atoms with Crippen LogP contribution in [0.5, 0.6) is 5.75 Å². The van der Waals surface area contributed by atoms with Gasteiger partial charge in [-0.2, -0.15) is 0 Å². The molecular weight excluding hydrogens is 192 g/mol. The zero-order valence-corrected chi connectivity index (χ0v) is 9.18. The van der Waals surface area contributed by atoms with Crippen molar-refractivity contribution < 1.29 is 14.9 Å². The highest BCUT2D eigenvalue weighted by molar-refractivity contribution is 5.34. The van der Waals surface area contributed by atoms with E-state index < -0.39 is 6.10 Å². The van der Waals surface area contributed by atoms with E-state index in [9.17, 15) is 5.11 Å². The summed E-state index contributed by atoms with van der Waals surface area (Å²) in [4.78, 5) is 0. The summed E-state index contributed by atoms with van der Waals surface area (Å²) < 4.78 is 5.53. The second-order valence-electron chi connectivity index (χ2n) is 3.81. The van der Waals surface area contributed by atoms with Crippen LogP contribution in [-0.4, -0.2) is 23.4 Å². The Labute approximate surface area is 90.3 Å². The molecule has 0 aromatic heterocycles. The Hall–Kier alpha value is -1.06. The molecule has 0 bridgehead atoms. The maximum absolute atomic E-state index is 9.50. The monoisotopic (exact) mass is 210 g/mol. The van der Waals surface area contributed by atoms with E-state index in [1.54, 1.807) is 6.92 Å². The summed E-state index contributed by atoms with van der Waals surface area (Å²) in [6.07, 6.45) is -0.536. The summed E-state index contributed by atoms with van der Waals surface area (Å²) in [6, 6.07) is 7.39. The van der Waals surface area contributed by atoms with Crippen LogP contribution in [0.3, 0.4) is 0 Å². The minimum Gasteiger partial charge on any atom is -0.493 e. The molecule has 0 saturated carbocycles. The predicted molar refractivity (Wildman–Crippen MR) is 58.8 cm³/mol. The molecule has 2 N–H and O–H groups in total. The smallest absolute Gasteiger partial charge is 0.125 e. The van der Waals surface area contributed by atoms with Gasteiger partial charge >= 0.3 is 0 Å². The van der Waals surface area contributed by atoms with Crippen LogP contribution in [0.1, 0.15) is 25.5 Å². The molecule has 84 valence electrons. The molecule has 1 aromatic rings. The first kappa shape index (κ1) is 12.0. The Balaban J connectivity index is 2.67. The largest absolute Gasteiger partial charge is 0.493 e. The zero-order chi connectivity index (χ0) is 11.3. The van der Waals surface area contributed by atoms with Crippen molar-refractivity contribution in [2.75, 3.05) is 13.2 Å². The Morgan fingerprint density at radius 2 is 1.93 bits per heavy atom. The number of para-hydroxylation sites is 1. The van der Waals surface area contributed by atoms with Crippen molar-refractivity contribution in [3.8, 4) is 5.75 Å². The molecular formula is C12H18O3. The van der Waals surface area contributed by atoms with E-state index in [2.05, 4.69) is 0 Å². The van der Waals surface area contributed by atoms with Gasteiger partial charge in [-0.3, -0.25) is 0 Å². The average molecular weight is 210 g/mol. The molecule has 0 spiro atoms. The van der Waals surface area contributed by atoms with E-state index in [0.717, 1.165) is 5.56 Å². The van der Waals surface area contributed by atoms with Gasteiger partial charge in [-0.05, 0) is 13.0 Å². The van der Waals surface area contributed by atoms with Crippen molar-refractivity contribution in [2.45, 2.75) is 20.0 Å². The first-order valence-corrected chi connectivity index (χ1v) is 5.15. The van der Waals surface area contributed by atoms with E-state index in [1.165, 1.54) is 0 Å². The lowest BCUT2D eigenvalue weighted by molar-refractivity contribution is 0.163. The quantitative estimate of drug-likeness (QED) is 0.778. The van der Waals surface area contributed by atoms with Gasteiger partial charge < -0.3 is 14.9 Å². The van der Waals surface area contributed by atoms with Gasteiger partial charge in [0.2, 0.25) is 0 Å². The Morgan fingerprint density at radius 3 is 2.53 bits per heavy atom. The Kier molecular flexibility index (Phi) is 4.59. The summed E-state index contributed by atoms with van der Waals surface area (Å²) in [5, 5.41) is 18.4. The molecule has 2 unspecified atom stereocenters. The Morgan fingerprint density at radius 1 is 1.27 bits per heavy atom. The molecule has 1 rings (SSSR count). The normalized spacial score (nSPS) is 14.7. The van der Waals surface area contributed by atoms with Crippen molar-refractivity contribution in [3.63, 3.8) is 0 Å². The van der Waals surface area contributed by atoms with Crippen LogP contribution in [0.25, 0.3) is 0 Å². The SMILES string of the molecule is CC(CO)COc1ccccc1C(C)O. The van der Waals surface area contributed by atoms with E-state index in [-0.39, 0.29) is 12.5 Å². The maximum atomic E-state index is 9.50. The fourth-order valence-corrected chi connectivity index (χ4v) is 1.24. The van der Waals surface area contributed by atoms with Crippen molar-refractivity contribution in [1.29, 1.82) is 0 Å². The fraction of sp³-hybridized carbons (Fsp3) is 0.500. The molecule has 0 radical (unpaired) electrons. The van der Waals surface area contributed by atoms with E-state index in [1.807, 2.05) is 31.2 Å². The molecule has 0 fully saturated rings. The molecule has 0 aliphatic heterocycles. The molecule has 3 nitrogen and oxygen atoms in total.